The van der Waals surface area contributed by atoms with Gasteiger partial charge in [-0.1, -0.05) is 18.9 Å². The van der Waals surface area contributed by atoms with Crippen LogP contribution in [0.25, 0.3) is 0 Å². The van der Waals surface area contributed by atoms with Crippen LogP contribution in [-0.4, -0.2) is 47.7 Å². The second-order valence-electron chi connectivity index (χ2n) is 8.61. The maximum atomic E-state index is 12.6. The minimum atomic E-state index is -0.509. The standard InChI is InChI=1S/C21H35NO4/c1-5-6-7-8-9-10-11-19(23)16-12-17-14-25-15-18(13-16)22(17)20(24)26-21(2,3)4/h5,16-18H,1,6-15H2,2-4H3. The van der Waals surface area contributed by atoms with Gasteiger partial charge in [0.2, 0.25) is 0 Å². The number of ether oxygens (including phenoxy) is 2. The van der Waals surface area contributed by atoms with Crippen LogP contribution < -0.4 is 0 Å². The topological polar surface area (TPSA) is 55.8 Å². The highest BCUT2D eigenvalue weighted by Crippen LogP contribution is 2.34. The Morgan fingerprint density at radius 2 is 1.73 bits per heavy atom. The number of amides is 1. The van der Waals surface area contributed by atoms with E-state index >= 15 is 0 Å². The maximum absolute atomic E-state index is 12.6. The minimum Gasteiger partial charge on any atom is -0.444 e. The number of allylic oxidation sites excluding steroid dienone is 1. The van der Waals surface area contributed by atoms with Crippen molar-refractivity contribution in [3.63, 3.8) is 0 Å². The summed E-state index contributed by atoms with van der Waals surface area (Å²) in [5.74, 6) is 0.412. The largest absolute Gasteiger partial charge is 0.444 e. The predicted octanol–water partition coefficient (Wildman–Crippen LogP) is 4.50. The Balaban J connectivity index is 1.83. The Hall–Kier alpha value is -1.36. The number of hydrogen-bond acceptors (Lipinski definition) is 4. The summed E-state index contributed by atoms with van der Waals surface area (Å²) in [6.07, 6.45) is 9.18. The Labute approximate surface area is 158 Å². The third-order valence-corrected chi connectivity index (χ3v) is 5.16. The van der Waals surface area contributed by atoms with E-state index in [0.717, 1.165) is 32.1 Å². The van der Waals surface area contributed by atoms with E-state index in [9.17, 15) is 9.59 Å². The van der Waals surface area contributed by atoms with Gasteiger partial charge in [-0.2, -0.15) is 0 Å². The average Bonchev–Trinajstić information content (AvgIpc) is 2.55. The van der Waals surface area contributed by atoms with Crippen LogP contribution in [0.4, 0.5) is 4.79 Å². The lowest BCUT2D eigenvalue weighted by Crippen LogP contribution is -2.60. The van der Waals surface area contributed by atoms with Gasteiger partial charge in [0, 0.05) is 12.3 Å². The summed E-state index contributed by atoms with van der Waals surface area (Å²) in [7, 11) is 0. The number of nitrogens with zero attached hydrogens (tertiary/aromatic N) is 1. The molecule has 0 spiro atoms. The molecule has 0 aromatic carbocycles. The molecule has 2 fully saturated rings. The quantitative estimate of drug-likeness (QED) is 0.469. The fourth-order valence-electron chi connectivity index (χ4n) is 3.94. The first-order valence-corrected chi connectivity index (χ1v) is 10.0. The molecule has 2 bridgehead atoms. The highest BCUT2D eigenvalue weighted by atomic mass is 16.6. The molecule has 2 rings (SSSR count). The molecule has 1 amide bonds. The van der Waals surface area contributed by atoms with Gasteiger partial charge in [0.15, 0.2) is 0 Å². The highest BCUT2D eigenvalue weighted by molar-refractivity contribution is 5.81. The average molecular weight is 366 g/mol. The van der Waals surface area contributed by atoms with Gasteiger partial charge >= 0.3 is 6.09 Å². The van der Waals surface area contributed by atoms with Gasteiger partial charge in [-0.05, 0) is 52.9 Å². The zero-order valence-electron chi connectivity index (χ0n) is 16.7. The van der Waals surface area contributed by atoms with Crippen LogP contribution in [0, 0.1) is 5.92 Å². The van der Waals surface area contributed by atoms with E-state index in [1.165, 1.54) is 0 Å². The molecule has 2 heterocycles. The van der Waals surface area contributed by atoms with Crippen LogP contribution in [0.1, 0.15) is 72.1 Å². The van der Waals surface area contributed by atoms with E-state index in [1.54, 1.807) is 0 Å². The molecule has 0 aromatic heterocycles. The van der Waals surface area contributed by atoms with Crippen molar-refractivity contribution in [2.45, 2.75) is 89.8 Å². The lowest BCUT2D eigenvalue weighted by molar-refractivity contribution is -0.132. The van der Waals surface area contributed by atoms with Gasteiger partial charge in [-0.3, -0.25) is 9.69 Å². The number of Topliss-reactive ketones (excluding diaryl/α,β-unsaturated/α-hetero) is 1. The first kappa shape index (κ1) is 20.9. The van der Waals surface area contributed by atoms with Crippen molar-refractivity contribution in [2.24, 2.45) is 5.92 Å². The van der Waals surface area contributed by atoms with Gasteiger partial charge in [0.25, 0.3) is 0 Å². The van der Waals surface area contributed by atoms with Crippen molar-refractivity contribution in [1.82, 2.24) is 4.90 Å². The summed E-state index contributed by atoms with van der Waals surface area (Å²) in [6, 6.07) is -0.0854. The fourth-order valence-corrected chi connectivity index (χ4v) is 3.94. The normalized spacial score (nSPS) is 25.7. The Kier molecular flexibility index (Phi) is 7.69. The van der Waals surface area contributed by atoms with E-state index in [1.807, 2.05) is 31.7 Å². The molecule has 0 saturated carbocycles. The zero-order valence-corrected chi connectivity index (χ0v) is 16.7. The van der Waals surface area contributed by atoms with E-state index in [2.05, 4.69) is 6.58 Å². The Morgan fingerprint density at radius 3 is 2.31 bits per heavy atom. The van der Waals surface area contributed by atoms with Crippen LogP contribution in [0.2, 0.25) is 0 Å². The van der Waals surface area contributed by atoms with E-state index in [4.69, 9.17) is 9.47 Å². The molecule has 0 aliphatic carbocycles. The SMILES string of the molecule is C=CCCCCCCC(=O)C1CC2COCC(C1)N2C(=O)OC(C)(C)C. The number of fused-ring (bicyclic) bond motifs is 2. The molecular weight excluding hydrogens is 330 g/mol. The number of piperidine rings is 1. The molecule has 0 N–H and O–H groups in total. The zero-order chi connectivity index (χ0) is 19.2. The fraction of sp³-hybridized carbons (Fsp3) is 0.810. The first-order chi connectivity index (χ1) is 12.3. The summed E-state index contributed by atoms with van der Waals surface area (Å²) < 4.78 is 11.2. The number of morpholine rings is 1. The molecular formula is C21H35NO4. The molecule has 2 unspecified atom stereocenters. The third-order valence-electron chi connectivity index (χ3n) is 5.16. The van der Waals surface area contributed by atoms with Crippen LogP contribution in [-0.2, 0) is 14.3 Å². The summed E-state index contributed by atoms with van der Waals surface area (Å²) in [6.45, 7) is 10.4. The molecule has 2 saturated heterocycles. The van der Waals surface area contributed by atoms with Crippen molar-refractivity contribution in [3.8, 4) is 0 Å². The van der Waals surface area contributed by atoms with E-state index < -0.39 is 5.60 Å². The minimum absolute atomic E-state index is 0.0427. The number of carbonyl (C=O) groups is 2. The van der Waals surface area contributed by atoms with Crippen molar-refractivity contribution in [3.05, 3.63) is 12.7 Å². The molecule has 2 aliphatic heterocycles. The van der Waals surface area contributed by atoms with Gasteiger partial charge in [0.05, 0.1) is 25.3 Å². The lowest BCUT2D eigenvalue weighted by atomic mass is 9.81. The lowest BCUT2D eigenvalue weighted by Gasteiger charge is -2.47. The van der Waals surface area contributed by atoms with Crippen LogP contribution in [0.15, 0.2) is 12.7 Å². The number of unbranched alkanes of at least 4 members (excludes halogenated alkanes) is 4. The third kappa shape index (κ3) is 6.11. The van der Waals surface area contributed by atoms with Crippen LogP contribution in [0.3, 0.4) is 0 Å². The molecule has 0 aromatic rings. The second kappa shape index (κ2) is 9.54. The number of hydrogen-bond donors (Lipinski definition) is 0. The molecule has 0 radical (unpaired) electrons. The van der Waals surface area contributed by atoms with Crippen molar-refractivity contribution in [2.75, 3.05) is 13.2 Å². The van der Waals surface area contributed by atoms with Crippen molar-refractivity contribution >= 4 is 11.9 Å². The first-order valence-electron chi connectivity index (χ1n) is 10.0. The van der Waals surface area contributed by atoms with Crippen molar-refractivity contribution < 1.29 is 19.1 Å². The monoisotopic (exact) mass is 365 g/mol. The predicted molar refractivity (Wildman–Crippen MR) is 102 cm³/mol. The maximum Gasteiger partial charge on any atom is 0.410 e. The highest BCUT2D eigenvalue weighted by Gasteiger charge is 2.44. The summed E-state index contributed by atoms with van der Waals surface area (Å²) in [4.78, 5) is 27.0. The van der Waals surface area contributed by atoms with Crippen LogP contribution in [0.5, 0.6) is 0 Å². The molecule has 2 atom stereocenters. The molecule has 5 nitrogen and oxygen atoms in total. The van der Waals surface area contributed by atoms with Gasteiger partial charge < -0.3 is 9.47 Å². The molecule has 2 aliphatic rings. The molecule has 5 heteroatoms. The number of ketones is 1. The number of carbonyl (C=O) groups excluding carboxylic acids is 2. The van der Waals surface area contributed by atoms with Crippen molar-refractivity contribution in [1.29, 1.82) is 0 Å². The Bertz CT molecular complexity index is 483. The van der Waals surface area contributed by atoms with Gasteiger partial charge in [-0.15, -0.1) is 6.58 Å². The van der Waals surface area contributed by atoms with Crippen LogP contribution >= 0.6 is 0 Å². The summed E-state index contributed by atoms with van der Waals surface area (Å²) >= 11 is 0. The van der Waals surface area contributed by atoms with E-state index in [-0.39, 0.29) is 24.1 Å². The molecule has 148 valence electrons. The van der Waals surface area contributed by atoms with E-state index in [0.29, 0.717) is 38.3 Å². The summed E-state index contributed by atoms with van der Waals surface area (Å²) in [5, 5.41) is 0. The number of rotatable bonds is 8. The molecule has 26 heavy (non-hydrogen) atoms. The smallest absolute Gasteiger partial charge is 0.410 e. The summed E-state index contributed by atoms with van der Waals surface area (Å²) in [5.41, 5.74) is -0.509. The van der Waals surface area contributed by atoms with Gasteiger partial charge in [-0.25, -0.2) is 4.79 Å². The van der Waals surface area contributed by atoms with Gasteiger partial charge in [0.1, 0.15) is 11.4 Å². The Morgan fingerprint density at radius 1 is 1.12 bits per heavy atom. The second-order valence-corrected chi connectivity index (χ2v) is 8.61.